The van der Waals surface area contributed by atoms with Crippen LogP contribution in [0.15, 0.2) is 0 Å². The zero-order chi connectivity index (χ0) is 10.7. The first-order valence-electron chi connectivity index (χ1n) is 5.70. The van der Waals surface area contributed by atoms with Gasteiger partial charge in [-0.2, -0.15) is 11.8 Å². The van der Waals surface area contributed by atoms with Gasteiger partial charge >= 0.3 is 6.03 Å². The van der Waals surface area contributed by atoms with Crippen LogP contribution < -0.4 is 16.4 Å². The average Bonchev–Trinajstić information content (AvgIpc) is 2.73. The molecule has 0 aliphatic carbocycles. The third kappa shape index (κ3) is 2.58. The summed E-state index contributed by atoms with van der Waals surface area (Å²) in [7, 11) is 0. The van der Waals surface area contributed by atoms with Crippen molar-refractivity contribution < 1.29 is 4.79 Å². The standard InChI is InChI=1S/C10H19N3OS/c11-5-3-1-2-4-8-9-7(6-15-8)12-10(14)13-9/h7-9H,1-6,11H2,(H2,12,13,14)/t7-,8-,9-/m0/s1. The van der Waals surface area contributed by atoms with E-state index in [4.69, 9.17) is 5.73 Å². The number of urea groups is 1. The molecular weight excluding hydrogens is 210 g/mol. The molecule has 4 N–H and O–H groups in total. The Morgan fingerprint density at radius 3 is 3.00 bits per heavy atom. The van der Waals surface area contributed by atoms with Gasteiger partial charge in [-0.1, -0.05) is 12.8 Å². The molecule has 2 heterocycles. The second-order valence-corrected chi connectivity index (χ2v) is 5.53. The molecule has 2 fully saturated rings. The van der Waals surface area contributed by atoms with Gasteiger partial charge in [-0.15, -0.1) is 0 Å². The van der Waals surface area contributed by atoms with E-state index in [1.807, 2.05) is 11.8 Å². The van der Waals surface area contributed by atoms with Crippen molar-refractivity contribution in [1.29, 1.82) is 0 Å². The fourth-order valence-corrected chi connectivity index (χ4v) is 3.85. The fraction of sp³-hybridized carbons (Fsp3) is 0.900. The Labute approximate surface area is 94.7 Å². The van der Waals surface area contributed by atoms with Crippen LogP contribution in [0.1, 0.15) is 25.7 Å². The molecule has 0 saturated carbocycles. The molecule has 2 aliphatic rings. The van der Waals surface area contributed by atoms with E-state index >= 15 is 0 Å². The van der Waals surface area contributed by atoms with E-state index in [1.165, 1.54) is 19.3 Å². The molecule has 3 atom stereocenters. The van der Waals surface area contributed by atoms with Crippen LogP contribution in [0.2, 0.25) is 0 Å². The van der Waals surface area contributed by atoms with Crippen molar-refractivity contribution in [2.24, 2.45) is 5.73 Å². The normalized spacial score (nSPS) is 33.7. The van der Waals surface area contributed by atoms with Crippen molar-refractivity contribution in [3.63, 3.8) is 0 Å². The highest BCUT2D eigenvalue weighted by Gasteiger charge is 2.42. The maximum Gasteiger partial charge on any atom is 0.315 e. The van der Waals surface area contributed by atoms with E-state index in [1.54, 1.807) is 0 Å². The zero-order valence-electron chi connectivity index (χ0n) is 8.87. The van der Waals surface area contributed by atoms with Gasteiger partial charge in [0.15, 0.2) is 0 Å². The highest BCUT2D eigenvalue weighted by molar-refractivity contribution is 8.00. The van der Waals surface area contributed by atoms with Crippen LogP contribution in [-0.2, 0) is 0 Å². The number of unbranched alkanes of at least 4 members (excludes halogenated alkanes) is 2. The van der Waals surface area contributed by atoms with Crippen LogP contribution in [0.4, 0.5) is 4.79 Å². The number of thioether (sulfide) groups is 1. The van der Waals surface area contributed by atoms with E-state index in [9.17, 15) is 4.79 Å². The van der Waals surface area contributed by atoms with Gasteiger partial charge < -0.3 is 16.4 Å². The van der Waals surface area contributed by atoms with E-state index < -0.39 is 0 Å². The molecule has 0 unspecified atom stereocenters. The highest BCUT2D eigenvalue weighted by Crippen LogP contribution is 2.33. The largest absolute Gasteiger partial charge is 0.332 e. The Morgan fingerprint density at radius 1 is 1.33 bits per heavy atom. The van der Waals surface area contributed by atoms with Gasteiger partial charge in [-0.25, -0.2) is 4.79 Å². The molecule has 0 aromatic carbocycles. The van der Waals surface area contributed by atoms with Crippen molar-refractivity contribution in [2.45, 2.75) is 43.0 Å². The predicted octanol–water partition coefficient (Wildman–Crippen LogP) is 0.671. The van der Waals surface area contributed by atoms with Crippen LogP contribution in [0.3, 0.4) is 0 Å². The second-order valence-electron chi connectivity index (χ2n) is 4.26. The molecule has 0 spiro atoms. The summed E-state index contributed by atoms with van der Waals surface area (Å²) >= 11 is 1.99. The summed E-state index contributed by atoms with van der Waals surface area (Å²) in [5.74, 6) is 1.06. The average molecular weight is 229 g/mol. The minimum absolute atomic E-state index is 0.0114. The lowest BCUT2D eigenvalue weighted by Gasteiger charge is -2.16. The molecule has 2 aliphatic heterocycles. The summed E-state index contributed by atoms with van der Waals surface area (Å²) in [6, 6.07) is 0.736. The monoisotopic (exact) mass is 229 g/mol. The first-order valence-corrected chi connectivity index (χ1v) is 6.75. The molecule has 15 heavy (non-hydrogen) atoms. The van der Waals surface area contributed by atoms with Crippen molar-refractivity contribution >= 4 is 17.8 Å². The maximum atomic E-state index is 11.1. The van der Waals surface area contributed by atoms with Crippen molar-refractivity contribution in [1.82, 2.24) is 10.6 Å². The molecule has 4 nitrogen and oxygen atoms in total. The quantitative estimate of drug-likeness (QED) is 0.479. The Kier molecular flexibility index (Phi) is 3.75. The predicted molar refractivity (Wildman–Crippen MR) is 63.0 cm³/mol. The van der Waals surface area contributed by atoms with Crippen LogP contribution in [0.5, 0.6) is 0 Å². The SMILES string of the molecule is NCCCCC[C@@H]1SC[C@@H]2NC(=O)N[C@@H]21. The molecule has 2 rings (SSSR count). The van der Waals surface area contributed by atoms with Crippen molar-refractivity contribution in [2.75, 3.05) is 12.3 Å². The Hall–Kier alpha value is -0.420. The lowest BCUT2D eigenvalue weighted by Crippen LogP contribution is -2.36. The third-order valence-electron chi connectivity index (χ3n) is 3.13. The number of fused-ring (bicyclic) bond motifs is 1. The summed E-state index contributed by atoms with van der Waals surface area (Å²) < 4.78 is 0. The number of hydrogen-bond acceptors (Lipinski definition) is 3. The van der Waals surface area contributed by atoms with Crippen molar-refractivity contribution in [3.05, 3.63) is 0 Å². The van der Waals surface area contributed by atoms with Gasteiger partial charge in [0.05, 0.1) is 12.1 Å². The number of rotatable bonds is 5. The van der Waals surface area contributed by atoms with E-state index in [0.29, 0.717) is 17.3 Å². The Bertz CT molecular complexity index is 237. The van der Waals surface area contributed by atoms with Crippen LogP contribution >= 0.6 is 11.8 Å². The smallest absolute Gasteiger partial charge is 0.315 e. The molecule has 5 heteroatoms. The lowest BCUT2D eigenvalue weighted by molar-refractivity contribution is 0.247. The fourth-order valence-electron chi connectivity index (χ4n) is 2.31. The molecule has 0 aromatic rings. The number of amides is 2. The number of hydrogen-bond donors (Lipinski definition) is 3. The summed E-state index contributed by atoms with van der Waals surface area (Å²) in [4.78, 5) is 11.1. The zero-order valence-corrected chi connectivity index (χ0v) is 9.69. The van der Waals surface area contributed by atoms with E-state index in [0.717, 1.165) is 18.7 Å². The molecular formula is C10H19N3OS. The Balaban J connectivity index is 1.72. The van der Waals surface area contributed by atoms with Crippen LogP contribution in [0.25, 0.3) is 0 Å². The van der Waals surface area contributed by atoms with E-state index in [2.05, 4.69) is 10.6 Å². The first-order chi connectivity index (χ1) is 7.31. The van der Waals surface area contributed by atoms with Gasteiger partial charge in [-0.3, -0.25) is 0 Å². The van der Waals surface area contributed by atoms with Gasteiger partial charge in [0.25, 0.3) is 0 Å². The third-order valence-corrected chi connectivity index (χ3v) is 4.64. The Morgan fingerprint density at radius 2 is 2.20 bits per heavy atom. The number of carbonyl (C=O) groups excluding carboxylic acids is 1. The number of carbonyl (C=O) groups is 1. The topological polar surface area (TPSA) is 67.1 Å². The number of nitrogens with one attached hydrogen (secondary N) is 2. The van der Waals surface area contributed by atoms with E-state index in [-0.39, 0.29) is 6.03 Å². The van der Waals surface area contributed by atoms with Gasteiger partial charge in [0.2, 0.25) is 0 Å². The first kappa shape index (κ1) is 11.1. The molecule has 0 radical (unpaired) electrons. The summed E-state index contributed by atoms with van der Waals surface area (Å²) in [6.45, 7) is 0.794. The molecule has 2 amide bonds. The molecule has 0 aromatic heterocycles. The summed E-state index contributed by atoms with van der Waals surface area (Å²) in [5.41, 5.74) is 5.45. The molecule has 0 bridgehead atoms. The van der Waals surface area contributed by atoms with Crippen LogP contribution in [0, 0.1) is 0 Å². The summed E-state index contributed by atoms with van der Waals surface area (Å²) in [5, 5.41) is 6.57. The maximum absolute atomic E-state index is 11.1. The minimum Gasteiger partial charge on any atom is -0.332 e. The molecule has 86 valence electrons. The highest BCUT2D eigenvalue weighted by atomic mass is 32.2. The summed E-state index contributed by atoms with van der Waals surface area (Å²) in [6.07, 6.45) is 4.77. The number of nitrogens with two attached hydrogens (primary N) is 1. The minimum atomic E-state index is 0.0114. The van der Waals surface area contributed by atoms with Gasteiger partial charge in [0, 0.05) is 11.0 Å². The lowest BCUT2D eigenvalue weighted by atomic mass is 10.0. The molecule has 2 saturated heterocycles. The second kappa shape index (κ2) is 5.07. The van der Waals surface area contributed by atoms with Gasteiger partial charge in [-0.05, 0) is 19.4 Å². The van der Waals surface area contributed by atoms with Gasteiger partial charge in [0.1, 0.15) is 0 Å². The van der Waals surface area contributed by atoms with Crippen LogP contribution in [-0.4, -0.2) is 35.7 Å². The van der Waals surface area contributed by atoms with Crippen molar-refractivity contribution in [3.8, 4) is 0 Å².